The van der Waals surface area contributed by atoms with Crippen molar-refractivity contribution in [3.05, 3.63) is 5.92 Å². The second-order valence-electron chi connectivity index (χ2n) is 1.82. The molecule has 0 bridgehead atoms. The van der Waals surface area contributed by atoms with Gasteiger partial charge in [-0.15, -0.1) is 0 Å². The van der Waals surface area contributed by atoms with E-state index in [1.165, 1.54) is 0 Å². The number of rotatable bonds is 4. The van der Waals surface area contributed by atoms with E-state index in [1.807, 2.05) is 6.92 Å². The molecule has 0 heterocycles. The van der Waals surface area contributed by atoms with E-state index in [2.05, 4.69) is 0 Å². The Morgan fingerprint density at radius 2 is 1.75 bits per heavy atom. The molecule has 2 heteroatoms. The maximum atomic E-state index is 8.46. The average Bonchev–Trinajstić information content (AvgIpc) is 1.83. The second kappa shape index (κ2) is 5.06. The van der Waals surface area contributed by atoms with Crippen LogP contribution in [0.4, 0.5) is 0 Å². The van der Waals surface area contributed by atoms with Crippen molar-refractivity contribution in [1.82, 2.24) is 0 Å². The highest BCUT2D eigenvalue weighted by Crippen LogP contribution is 2.04. The first-order chi connectivity index (χ1) is 3.85. The van der Waals surface area contributed by atoms with Gasteiger partial charge in [-0.3, -0.25) is 0 Å². The molecule has 0 aromatic heterocycles. The van der Waals surface area contributed by atoms with Crippen molar-refractivity contribution in [2.75, 3.05) is 13.2 Å². The minimum Gasteiger partial charge on any atom is -0.396 e. The molecule has 0 aromatic rings. The van der Waals surface area contributed by atoms with Crippen LogP contribution in [0.3, 0.4) is 0 Å². The molecule has 0 rings (SSSR count). The van der Waals surface area contributed by atoms with Crippen LogP contribution in [-0.4, -0.2) is 23.4 Å². The van der Waals surface area contributed by atoms with Gasteiger partial charge in [-0.1, -0.05) is 13.3 Å². The standard InChI is InChI=1S/C6H13O2/c1-2-3-6(4-7)5-8/h7-8H,2-5H2,1H3. The lowest BCUT2D eigenvalue weighted by molar-refractivity contribution is 0.235. The maximum absolute atomic E-state index is 8.46. The second-order valence-corrected chi connectivity index (χ2v) is 1.82. The Hall–Kier alpha value is -0.0800. The van der Waals surface area contributed by atoms with E-state index in [0.717, 1.165) is 18.8 Å². The highest BCUT2D eigenvalue weighted by Gasteiger charge is 2.02. The summed E-state index contributed by atoms with van der Waals surface area (Å²) < 4.78 is 0. The molecule has 0 saturated heterocycles. The lowest BCUT2D eigenvalue weighted by atomic mass is 10.1. The van der Waals surface area contributed by atoms with E-state index in [1.54, 1.807) is 0 Å². The fourth-order valence-electron chi connectivity index (χ4n) is 0.562. The van der Waals surface area contributed by atoms with Crippen molar-refractivity contribution in [2.24, 2.45) is 0 Å². The van der Waals surface area contributed by atoms with Crippen LogP contribution in [0.5, 0.6) is 0 Å². The van der Waals surface area contributed by atoms with Crippen LogP contribution in [0, 0.1) is 5.92 Å². The van der Waals surface area contributed by atoms with Gasteiger partial charge in [0, 0.05) is 5.92 Å². The van der Waals surface area contributed by atoms with Gasteiger partial charge in [0.15, 0.2) is 0 Å². The van der Waals surface area contributed by atoms with Crippen molar-refractivity contribution >= 4 is 0 Å². The molecule has 0 aliphatic heterocycles. The zero-order chi connectivity index (χ0) is 6.41. The Morgan fingerprint density at radius 3 is 1.88 bits per heavy atom. The molecule has 2 N–H and O–H groups in total. The Bertz CT molecular complexity index is 41.8. The summed E-state index contributed by atoms with van der Waals surface area (Å²) in [5, 5.41) is 16.9. The summed E-state index contributed by atoms with van der Waals surface area (Å²) in [5.41, 5.74) is 0. The predicted octanol–water partition coefficient (Wildman–Crippen LogP) is 0.346. The van der Waals surface area contributed by atoms with Crippen molar-refractivity contribution in [2.45, 2.75) is 19.8 Å². The molecule has 0 aliphatic rings. The number of hydrogen-bond donors (Lipinski definition) is 2. The Labute approximate surface area is 50.2 Å². The summed E-state index contributed by atoms with van der Waals surface area (Å²) in [4.78, 5) is 0. The Morgan fingerprint density at radius 1 is 1.25 bits per heavy atom. The number of aliphatic hydroxyl groups excluding tert-OH is 2. The largest absolute Gasteiger partial charge is 0.396 e. The van der Waals surface area contributed by atoms with Crippen LogP contribution < -0.4 is 0 Å². The third-order valence-electron chi connectivity index (χ3n) is 1.05. The van der Waals surface area contributed by atoms with Crippen LogP contribution in [0.25, 0.3) is 0 Å². The molecule has 0 aromatic carbocycles. The van der Waals surface area contributed by atoms with Gasteiger partial charge in [0.25, 0.3) is 0 Å². The molecule has 0 unspecified atom stereocenters. The normalized spacial score (nSPS) is 10.5. The number of hydrogen-bond acceptors (Lipinski definition) is 2. The SMILES string of the molecule is CCC[C](CO)CO. The fourth-order valence-corrected chi connectivity index (χ4v) is 0.562. The summed E-state index contributed by atoms with van der Waals surface area (Å²) in [6, 6.07) is 0. The average molecular weight is 117 g/mol. The van der Waals surface area contributed by atoms with Gasteiger partial charge < -0.3 is 10.2 Å². The van der Waals surface area contributed by atoms with E-state index in [4.69, 9.17) is 10.2 Å². The molecular formula is C6H13O2. The Kier molecular flexibility index (Phi) is 5.01. The molecule has 0 saturated carbocycles. The summed E-state index contributed by atoms with van der Waals surface area (Å²) >= 11 is 0. The summed E-state index contributed by atoms with van der Waals surface area (Å²) in [6.07, 6.45) is 1.84. The molecule has 0 amide bonds. The first-order valence-electron chi connectivity index (χ1n) is 2.90. The lowest BCUT2D eigenvalue weighted by Crippen LogP contribution is -2.07. The van der Waals surface area contributed by atoms with Crippen LogP contribution in [0.2, 0.25) is 0 Å². The van der Waals surface area contributed by atoms with Gasteiger partial charge in [-0.05, 0) is 6.42 Å². The molecule has 0 fully saturated rings. The molecule has 49 valence electrons. The van der Waals surface area contributed by atoms with Crippen LogP contribution in [0.1, 0.15) is 19.8 Å². The third kappa shape index (κ3) is 2.99. The van der Waals surface area contributed by atoms with Gasteiger partial charge in [0.2, 0.25) is 0 Å². The smallest absolute Gasteiger partial charge is 0.0516 e. The van der Waals surface area contributed by atoms with Gasteiger partial charge in [0.05, 0.1) is 13.2 Å². The fraction of sp³-hybridized carbons (Fsp3) is 0.833. The van der Waals surface area contributed by atoms with E-state index in [9.17, 15) is 0 Å². The monoisotopic (exact) mass is 117 g/mol. The molecule has 0 aliphatic carbocycles. The predicted molar refractivity (Wildman–Crippen MR) is 32.3 cm³/mol. The summed E-state index contributed by atoms with van der Waals surface area (Å²) in [5.74, 6) is 0.826. The van der Waals surface area contributed by atoms with Crippen LogP contribution >= 0.6 is 0 Å². The van der Waals surface area contributed by atoms with Gasteiger partial charge in [-0.25, -0.2) is 0 Å². The maximum Gasteiger partial charge on any atom is 0.0516 e. The number of aliphatic hydroxyl groups is 2. The van der Waals surface area contributed by atoms with Gasteiger partial charge in [-0.2, -0.15) is 0 Å². The van der Waals surface area contributed by atoms with Crippen molar-refractivity contribution < 1.29 is 10.2 Å². The molecular weight excluding hydrogens is 104 g/mol. The first kappa shape index (κ1) is 7.92. The summed E-state index contributed by atoms with van der Waals surface area (Å²) in [6.45, 7) is 2.08. The van der Waals surface area contributed by atoms with Crippen molar-refractivity contribution in [1.29, 1.82) is 0 Å². The lowest BCUT2D eigenvalue weighted by Gasteiger charge is -2.05. The van der Waals surface area contributed by atoms with E-state index >= 15 is 0 Å². The van der Waals surface area contributed by atoms with E-state index in [-0.39, 0.29) is 13.2 Å². The van der Waals surface area contributed by atoms with Crippen LogP contribution in [-0.2, 0) is 0 Å². The molecule has 8 heavy (non-hydrogen) atoms. The van der Waals surface area contributed by atoms with Crippen LogP contribution in [0.15, 0.2) is 0 Å². The molecule has 0 spiro atoms. The van der Waals surface area contributed by atoms with E-state index in [0.29, 0.717) is 0 Å². The Balaban J connectivity index is 3.07. The highest BCUT2D eigenvalue weighted by atomic mass is 16.3. The molecule has 1 radical (unpaired) electrons. The highest BCUT2D eigenvalue weighted by molar-refractivity contribution is 4.86. The minimum atomic E-state index is 0.0321. The van der Waals surface area contributed by atoms with E-state index < -0.39 is 0 Å². The van der Waals surface area contributed by atoms with Gasteiger partial charge >= 0.3 is 0 Å². The third-order valence-corrected chi connectivity index (χ3v) is 1.05. The zero-order valence-electron chi connectivity index (χ0n) is 5.22. The van der Waals surface area contributed by atoms with Crippen molar-refractivity contribution in [3.63, 3.8) is 0 Å². The minimum absolute atomic E-state index is 0.0321. The van der Waals surface area contributed by atoms with Gasteiger partial charge in [0.1, 0.15) is 0 Å². The zero-order valence-corrected chi connectivity index (χ0v) is 5.22. The van der Waals surface area contributed by atoms with Crippen molar-refractivity contribution in [3.8, 4) is 0 Å². The topological polar surface area (TPSA) is 40.5 Å². The first-order valence-corrected chi connectivity index (χ1v) is 2.90. The molecule has 0 atom stereocenters. The summed E-state index contributed by atoms with van der Waals surface area (Å²) in [7, 11) is 0. The molecule has 2 nitrogen and oxygen atoms in total. The quantitative estimate of drug-likeness (QED) is 0.557.